The first-order chi connectivity index (χ1) is 14.9. The third-order valence-corrected chi connectivity index (χ3v) is 8.35. The van der Waals surface area contributed by atoms with Crippen molar-refractivity contribution in [2.75, 3.05) is 18.0 Å². The van der Waals surface area contributed by atoms with Gasteiger partial charge in [-0.1, -0.05) is 6.07 Å². The van der Waals surface area contributed by atoms with Crippen molar-refractivity contribution in [2.45, 2.75) is 76.4 Å². The van der Waals surface area contributed by atoms with Crippen LogP contribution >= 0.6 is 0 Å². The number of pyridine rings is 1. The van der Waals surface area contributed by atoms with E-state index in [1.54, 1.807) is 6.92 Å². The molecule has 0 aromatic carbocycles. The molecule has 2 heterocycles. The first-order valence-corrected chi connectivity index (χ1v) is 12.1. The lowest BCUT2D eigenvalue weighted by atomic mass is 9.52. The molecule has 168 valence electrons. The van der Waals surface area contributed by atoms with Crippen LogP contribution in [0.2, 0.25) is 0 Å². The van der Waals surface area contributed by atoms with E-state index in [0.717, 1.165) is 70.3 Å². The van der Waals surface area contributed by atoms with Gasteiger partial charge in [-0.05, 0) is 94.1 Å². The number of ketones is 1. The maximum Gasteiger partial charge on any atom is 0.270 e. The second kappa shape index (κ2) is 8.19. The average molecular weight is 426 g/mol. The summed E-state index contributed by atoms with van der Waals surface area (Å²) in [6.07, 6.45) is 8.69. The highest BCUT2D eigenvalue weighted by molar-refractivity contribution is 5.93. The van der Waals surface area contributed by atoms with Gasteiger partial charge in [-0.2, -0.15) is 0 Å². The molecule has 6 rings (SSSR count). The first kappa shape index (κ1) is 20.9. The van der Waals surface area contributed by atoms with Gasteiger partial charge in [-0.15, -0.1) is 0 Å². The minimum Gasteiger partial charge on any atom is -0.390 e. The highest BCUT2D eigenvalue weighted by atomic mass is 16.3. The van der Waals surface area contributed by atoms with E-state index in [-0.39, 0.29) is 17.7 Å². The Morgan fingerprint density at radius 3 is 2.52 bits per heavy atom. The zero-order chi connectivity index (χ0) is 21.6. The molecule has 1 aromatic heterocycles. The summed E-state index contributed by atoms with van der Waals surface area (Å²) in [6, 6.07) is 5.90. The zero-order valence-electron chi connectivity index (χ0n) is 18.6. The third-order valence-electron chi connectivity index (χ3n) is 8.35. The van der Waals surface area contributed by atoms with Gasteiger partial charge in [-0.25, -0.2) is 4.98 Å². The predicted molar refractivity (Wildman–Crippen MR) is 119 cm³/mol. The maximum atomic E-state index is 13.1. The number of amides is 1. The lowest BCUT2D eigenvalue weighted by molar-refractivity contribution is -0.137. The Labute approximate surface area is 184 Å². The Morgan fingerprint density at radius 2 is 1.87 bits per heavy atom. The van der Waals surface area contributed by atoms with E-state index in [4.69, 9.17) is 4.98 Å². The fourth-order valence-corrected chi connectivity index (χ4v) is 7.03. The predicted octanol–water partition coefficient (Wildman–Crippen LogP) is 3.34. The topological polar surface area (TPSA) is 82.5 Å². The quantitative estimate of drug-likeness (QED) is 0.731. The molecule has 2 N–H and O–H groups in total. The summed E-state index contributed by atoms with van der Waals surface area (Å²) >= 11 is 0. The van der Waals surface area contributed by atoms with Crippen LogP contribution in [0.5, 0.6) is 0 Å². The summed E-state index contributed by atoms with van der Waals surface area (Å²) < 4.78 is 0. The maximum absolute atomic E-state index is 13.1. The van der Waals surface area contributed by atoms with E-state index in [1.165, 1.54) is 0 Å². The first-order valence-electron chi connectivity index (χ1n) is 12.1. The van der Waals surface area contributed by atoms with E-state index in [0.29, 0.717) is 35.8 Å². The molecule has 4 bridgehead atoms. The van der Waals surface area contributed by atoms with Crippen LogP contribution in [0.4, 0.5) is 5.82 Å². The molecule has 4 aliphatic carbocycles. The Bertz CT molecular complexity index is 832. The number of piperidine rings is 1. The lowest BCUT2D eigenvalue weighted by Gasteiger charge is -2.58. The lowest BCUT2D eigenvalue weighted by Crippen LogP contribution is -2.61. The smallest absolute Gasteiger partial charge is 0.270 e. The van der Waals surface area contributed by atoms with Gasteiger partial charge in [0.05, 0.1) is 5.60 Å². The number of aliphatic hydroxyl groups is 1. The van der Waals surface area contributed by atoms with Crippen LogP contribution < -0.4 is 10.2 Å². The minimum atomic E-state index is -0.480. The number of anilines is 1. The Morgan fingerprint density at radius 1 is 1.16 bits per heavy atom. The summed E-state index contributed by atoms with van der Waals surface area (Å²) in [5, 5.41) is 14.1. The molecule has 1 aromatic rings. The normalized spacial score (nSPS) is 34.7. The Kier molecular flexibility index (Phi) is 5.53. The van der Waals surface area contributed by atoms with Crippen LogP contribution in [0.15, 0.2) is 18.2 Å². The molecule has 5 fully saturated rings. The molecule has 1 saturated heterocycles. The van der Waals surface area contributed by atoms with Gasteiger partial charge >= 0.3 is 0 Å². The van der Waals surface area contributed by atoms with Crippen molar-refractivity contribution in [3.63, 3.8) is 0 Å². The highest BCUT2D eigenvalue weighted by Crippen LogP contribution is 2.55. The van der Waals surface area contributed by atoms with Crippen molar-refractivity contribution >= 4 is 17.5 Å². The molecular formula is C25H35N3O3. The second-order valence-electron chi connectivity index (χ2n) is 10.7. The molecule has 6 nitrogen and oxygen atoms in total. The Hall–Kier alpha value is -1.95. The van der Waals surface area contributed by atoms with Crippen molar-refractivity contribution in [1.82, 2.24) is 10.3 Å². The third kappa shape index (κ3) is 4.36. The molecular weight excluding hydrogens is 390 g/mol. The van der Waals surface area contributed by atoms with Crippen molar-refractivity contribution in [3.8, 4) is 0 Å². The van der Waals surface area contributed by atoms with Crippen LogP contribution in [0.25, 0.3) is 0 Å². The van der Waals surface area contributed by atoms with E-state index in [9.17, 15) is 14.7 Å². The minimum absolute atomic E-state index is 0.0809. The van der Waals surface area contributed by atoms with Crippen LogP contribution in [0, 0.1) is 23.7 Å². The molecule has 6 heteroatoms. The molecule has 1 amide bonds. The van der Waals surface area contributed by atoms with Gasteiger partial charge in [0.25, 0.3) is 5.91 Å². The number of Topliss-reactive ketones (excluding diaryl/α,β-unsaturated/α-hetero) is 1. The number of hydrogen-bond donors (Lipinski definition) is 2. The van der Waals surface area contributed by atoms with E-state index in [2.05, 4.69) is 10.2 Å². The van der Waals surface area contributed by atoms with Crippen LogP contribution in [0.1, 0.15) is 75.2 Å². The molecule has 2 atom stereocenters. The average Bonchev–Trinajstić information content (AvgIpc) is 2.74. The molecule has 4 saturated carbocycles. The number of nitrogens with zero attached hydrogens (tertiary/aromatic N) is 2. The fraction of sp³-hybridized carbons (Fsp3) is 0.720. The molecule has 31 heavy (non-hydrogen) atoms. The number of hydrogen-bond acceptors (Lipinski definition) is 5. The van der Waals surface area contributed by atoms with Gasteiger partial charge in [-0.3, -0.25) is 4.79 Å². The number of nitrogens with one attached hydrogen (secondary N) is 1. The number of carbonyl (C=O) groups excluding carboxylic acids is 2. The van der Waals surface area contributed by atoms with Crippen LogP contribution in [-0.2, 0) is 4.79 Å². The zero-order valence-corrected chi connectivity index (χ0v) is 18.6. The summed E-state index contributed by atoms with van der Waals surface area (Å²) in [6.45, 7) is 3.52. The highest BCUT2D eigenvalue weighted by Gasteiger charge is 2.55. The largest absolute Gasteiger partial charge is 0.390 e. The summed E-state index contributed by atoms with van der Waals surface area (Å²) in [5.74, 6) is 3.11. The van der Waals surface area contributed by atoms with Gasteiger partial charge in [0, 0.05) is 25.6 Å². The van der Waals surface area contributed by atoms with Crippen LogP contribution in [0.3, 0.4) is 0 Å². The standard InChI is InChI=1S/C25H35N3O3/c1-16(29)5-6-17-7-9-28(10-8-17)22-4-2-3-21(26-22)24(30)27-23-19-11-18-12-20(23)15-25(31,13-18)14-19/h2-4,17-20,23,31H,5-15H2,1H3,(H,27,30). The summed E-state index contributed by atoms with van der Waals surface area (Å²) in [5.41, 5.74) is 0.00983. The van der Waals surface area contributed by atoms with Crippen LogP contribution in [-0.4, -0.2) is 46.5 Å². The molecule has 0 spiro atoms. The fourth-order valence-electron chi connectivity index (χ4n) is 7.03. The van der Waals surface area contributed by atoms with E-state index in [1.807, 2.05) is 18.2 Å². The van der Waals surface area contributed by atoms with Crippen molar-refractivity contribution in [3.05, 3.63) is 23.9 Å². The number of carbonyl (C=O) groups is 2. The summed E-state index contributed by atoms with van der Waals surface area (Å²) in [7, 11) is 0. The Balaban J connectivity index is 1.20. The van der Waals surface area contributed by atoms with E-state index < -0.39 is 5.60 Å². The van der Waals surface area contributed by atoms with Crippen molar-refractivity contribution in [2.24, 2.45) is 23.7 Å². The van der Waals surface area contributed by atoms with Crippen molar-refractivity contribution < 1.29 is 14.7 Å². The van der Waals surface area contributed by atoms with Gasteiger partial charge in [0.15, 0.2) is 0 Å². The van der Waals surface area contributed by atoms with Gasteiger partial charge in [0.2, 0.25) is 0 Å². The second-order valence-corrected chi connectivity index (χ2v) is 10.7. The molecule has 2 unspecified atom stereocenters. The summed E-state index contributed by atoms with van der Waals surface area (Å²) in [4.78, 5) is 31.3. The van der Waals surface area contributed by atoms with E-state index >= 15 is 0 Å². The van der Waals surface area contributed by atoms with Crippen molar-refractivity contribution in [1.29, 1.82) is 0 Å². The van der Waals surface area contributed by atoms with Gasteiger partial charge in [0.1, 0.15) is 17.3 Å². The molecule has 0 radical (unpaired) electrons. The number of aromatic nitrogens is 1. The van der Waals surface area contributed by atoms with Gasteiger partial charge < -0.3 is 20.1 Å². The number of rotatable bonds is 6. The molecule has 5 aliphatic rings. The molecule has 1 aliphatic heterocycles. The monoisotopic (exact) mass is 425 g/mol. The SMILES string of the molecule is CC(=O)CCC1CCN(c2cccc(C(=O)NC3C4CC5CC3CC(O)(C5)C4)n2)CC1.